The third-order valence-corrected chi connectivity index (χ3v) is 0.904. The number of carbonyl (C=O) groups excluding carboxylic acids is 1. The molecule has 0 fully saturated rings. The van der Waals surface area contributed by atoms with E-state index in [4.69, 9.17) is 4.74 Å². The van der Waals surface area contributed by atoms with Crippen molar-refractivity contribution in [3.8, 4) is 0 Å². The zero-order valence-electron chi connectivity index (χ0n) is 6.42. The van der Waals surface area contributed by atoms with E-state index in [0.717, 1.165) is 0 Å². The molecule has 3 heteroatoms. The molecular formula is C7H13O3. The summed E-state index contributed by atoms with van der Waals surface area (Å²) < 4.78 is 9.53. The number of ether oxygens (including phenoxy) is 2. The lowest BCUT2D eigenvalue weighted by Gasteiger charge is -2.10. The quantitative estimate of drug-likeness (QED) is 0.439. The highest BCUT2D eigenvalue weighted by molar-refractivity contribution is 5.68. The predicted octanol–water partition coefficient (Wildman–Crippen LogP) is 1.14. The minimum Gasteiger partial charge on any atom is -0.436 e. The third-order valence-electron chi connectivity index (χ3n) is 0.904. The Bertz CT molecular complexity index is 101. The number of hydrogen-bond acceptors (Lipinski definition) is 3. The summed E-state index contributed by atoms with van der Waals surface area (Å²) in [7, 11) is 0. The summed E-state index contributed by atoms with van der Waals surface area (Å²) >= 11 is 0. The second kappa shape index (κ2) is 5.23. The van der Waals surface area contributed by atoms with Crippen LogP contribution in [0, 0.1) is 6.92 Å². The highest BCUT2D eigenvalue weighted by atomic mass is 16.7. The van der Waals surface area contributed by atoms with E-state index in [-0.39, 0.29) is 5.97 Å². The molecule has 0 spiro atoms. The van der Waals surface area contributed by atoms with Crippen molar-refractivity contribution >= 4 is 5.97 Å². The van der Waals surface area contributed by atoms with Crippen molar-refractivity contribution < 1.29 is 14.3 Å². The largest absolute Gasteiger partial charge is 0.436 e. The molecule has 1 unspecified atom stereocenters. The number of esters is 1. The molecule has 0 saturated carbocycles. The molecule has 1 radical (unpaired) electrons. The van der Waals surface area contributed by atoms with Gasteiger partial charge in [-0.25, -0.2) is 0 Å². The molecule has 59 valence electrons. The van der Waals surface area contributed by atoms with Crippen LogP contribution in [0.2, 0.25) is 0 Å². The van der Waals surface area contributed by atoms with Crippen LogP contribution in [-0.2, 0) is 14.3 Å². The van der Waals surface area contributed by atoms with E-state index < -0.39 is 6.29 Å². The molecule has 0 rings (SSSR count). The molecular weight excluding hydrogens is 132 g/mol. The van der Waals surface area contributed by atoms with Gasteiger partial charge in [0.05, 0.1) is 0 Å². The molecule has 0 aliphatic carbocycles. The van der Waals surface area contributed by atoms with Crippen LogP contribution in [0.25, 0.3) is 0 Å². The van der Waals surface area contributed by atoms with Gasteiger partial charge in [-0.05, 0) is 6.92 Å². The highest BCUT2D eigenvalue weighted by Crippen LogP contribution is 1.94. The van der Waals surface area contributed by atoms with Crippen molar-refractivity contribution in [3.05, 3.63) is 6.92 Å². The first-order valence-corrected chi connectivity index (χ1v) is 3.34. The van der Waals surface area contributed by atoms with Gasteiger partial charge in [-0.1, -0.05) is 6.92 Å². The monoisotopic (exact) mass is 145 g/mol. The van der Waals surface area contributed by atoms with Gasteiger partial charge in [0.2, 0.25) is 6.29 Å². The summed E-state index contributed by atoms with van der Waals surface area (Å²) in [5, 5.41) is 0. The summed E-state index contributed by atoms with van der Waals surface area (Å²) in [4.78, 5) is 10.6. The van der Waals surface area contributed by atoms with Gasteiger partial charge in [0.1, 0.15) is 0 Å². The van der Waals surface area contributed by atoms with E-state index in [1.54, 1.807) is 6.92 Å². The normalized spacial score (nSPS) is 12.7. The lowest BCUT2D eigenvalue weighted by molar-refractivity contribution is -0.168. The Balaban J connectivity index is 3.37. The predicted molar refractivity (Wildman–Crippen MR) is 37.2 cm³/mol. The van der Waals surface area contributed by atoms with Gasteiger partial charge in [0.15, 0.2) is 0 Å². The average Bonchev–Trinajstić information content (AvgIpc) is 1.88. The van der Waals surface area contributed by atoms with E-state index in [9.17, 15) is 4.79 Å². The molecule has 0 aromatic heterocycles. The van der Waals surface area contributed by atoms with E-state index >= 15 is 0 Å². The lowest BCUT2D eigenvalue weighted by Crippen LogP contribution is -2.17. The molecule has 0 N–H and O–H groups in total. The van der Waals surface area contributed by atoms with Crippen molar-refractivity contribution in [2.45, 2.75) is 26.6 Å². The zero-order valence-corrected chi connectivity index (χ0v) is 6.42. The summed E-state index contributed by atoms with van der Waals surface area (Å²) in [6, 6.07) is 0. The van der Waals surface area contributed by atoms with Crippen LogP contribution in [0.1, 0.15) is 20.3 Å². The topological polar surface area (TPSA) is 35.5 Å². The second-order valence-electron chi connectivity index (χ2n) is 1.73. The van der Waals surface area contributed by atoms with Crippen LogP contribution in [0.4, 0.5) is 0 Å². The molecule has 0 aromatic carbocycles. The van der Waals surface area contributed by atoms with Gasteiger partial charge < -0.3 is 9.47 Å². The van der Waals surface area contributed by atoms with Crippen LogP contribution in [-0.4, -0.2) is 18.9 Å². The Morgan fingerprint density at radius 2 is 2.20 bits per heavy atom. The molecule has 10 heavy (non-hydrogen) atoms. The van der Waals surface area contributed by atoms with Crippen LogP contribution in [0.15, 0.2) is 0 Å². The molecule has 3 nitrogen and oxygen atoms in total. The Labute approximate surface area is 61.3 Å². The number of hydrogen-bond donors (Lipinski definition) is 0. The van der Waals surface area contributed by atoms with Crippen LogP contribution in [0.3, 0.4) is 0 Å². The van der Waals surface area contributed by atoms with Crippen molar-refractivity contribution in [1.82, 2.24) is 0 Å². The highest BCUT2D eigenvalue weighted by Gasteiger charge is 2.05. The van der Waals surface area contributed by atoms with E-state index in [1.165, 1.54) is 0 Å². The van der Waals surface area contributed by atoms with Gasteiger partial charge in [-0.15, -0.1) is 0 Å². The van der Waals surface area contributed by atoms with Gasteiger partial charge in [0, 0.05) is 20.0 Å². The van der Waals surface area contributed by atoms with Crippen molar-refractivity contribution in [2.24, 2.45) is 0 Å². The fourth-order valence-corrected chi connectivity index (χ4v) is 0.450. The summed E-state index contributed by atoms with van der Waals surface area (Å²) in [6.45, 7) is 7.50. The molecule has 0 aliphatic rings. The standard InChI is InChI=1S/C7H13O3/c1-4-7(8)10-6(3)9-5-2/h6H,3-5H2,1-2H3. The average molecular weight is 145 g/mol. The lowest BCUT2D eigenvalue weighted by atomic mass is 10.5. The van der Waals surface area contributed by atoms with E-state index in [2.05, 4.69) is 11.7 Å². The molecule has 0 amide bonds. The van der Waals surface area contributed by atoms with Crippen LogP contribution < -0.4 is 0 Å². The van der Waals surface area contributed by atoms with Crippen molar-refractivity contribution in [1.29, 1.82) is 0 Å². The van der Waals surface area contributed by atoms with Crippen molar-refractivity contribution in [2.75, 3.05) is 6.61 Å². The zero-order chi connectivity index (χ0) is 7.98. The summed E-state index contributed by atoms with van der Waals surface area (Å²) in [5.41, 5.74) is 0. The third kappa shape index (κ3) is 4.32. The first kappa shape index (κ1) is 9.43. The molecule has 0 aliphatic heterocycles. The smallest absolute Gasteiger partial charge is 0.307 e. The number of rotatable bonds is 4. The fraction of sp³-hybridized carbons (Fsp3) is 0.714. The first-order valence-electron chi connectivity index (χ1n) is 3.34. The Kier molecular flexibility index (Phi) is 4.94. The SMILES string of the molecule is [CH2]C(OCC)OC(=O)CC. The molecule has 1 atom stereocenters. The van der Waals surface area contributed by atoms with Crippen LogP contribution in [0.5, 0.6) is 0 Å². The maximum atomic E-state index is 10.6. The van der Waals surface area contributed by atoms with Gasteiger partial charge in [-0.3, -0.25) is 4.79 Å². The van der Waals surface area contributed by atoms with E-state index in [1.807, 2.05) is 6.92 Å². The van der Waals surface area contributed by atoms with Crippen LogP contribution >= 0.6 is 0 Å². The van der Waals surface area contributed by atoms with Gasteiger partial charge in [-0.2, -0.15) is 0 Å². The molecule has 0 saturated heterocycles. The minimum atomic E-state index is -0.655. The summed E-state index contributed by atoms with van der Waals surface area (Å²) in [5.74, 6) is -0.284. The first-order chi connectivity index (χ1) is 4.70. The molecule has 0 heterocycles. The van der Waals surface area contributed by atoms with Gasteiger partial charge >= 0.3 is 5.97 Å². The Morgan fingerprint density at radius 1 is 1.60 bits per heavy atom. The number of carbonyl (C=O) groups is 1. The maximum Gasteiger partial charge on any atom is 0.307 e. The second-order valence-corrected chi connectivity index (χ2v) is 1.73. The molecule has 0 aromatic rings. The minimum absolute atomic E-state index is 0.284. The van der Waals surface area contributed by atoms with E-state index in [0.29, 0.717) is 13.0 Å². The Hall–Kier alpha value is -0.570. The van der Waals surface area contributed by atoms with Crippen molar-refractivity contribution in [3.63, 3.8) is 0 Å². The van der Waals surface area contributed by atoms with Gasteiger partial charge in [0.25, 0.3) is 0 Å². The maximum absolute atomic E-state index is 10.6. The molecule has 0 bridgehead atoms. The fourth-order valence-electron chi connectivity index (χ4n) is 0.450. The summed E-state index contributed by atoms with van der Waals surface area (Å²) in [6.07, 6.45) is -0.295. The Morgan fingerprint density at radius 3 is 2.60 bits per heavy atom.